The maximum atomic E-state index is 11.0. The van der Waals surface area contributed by atoms with Gasteiger partial charge in [0.15, 0.2) is 0 Å². The maximum absolute atomic E-state index is 11.0. The van der Waals surface area contributed by atoms with Crippen LogP contribution in [0, 0.1) is 0 Å². The smallest absolute Gasteiger partial charge is 0.299 e. The van der Waals surface area contributed by atoms with E-state index < -0.39 is 0 Å². The van der Waals surface area contributed by atoms with Gasteiger partial charge in [0.25, 0.3) is 0 Å². The second kappa shape index (κ2) is 4.62. The summed E-state index contributed by atoms with van der Waals surface area (Å²) in [7, 11) is 4.24. The lowest BCUT2D eigenvalue weighted by Gasteiger charge is -2.06. The molecule has 1 aromatic heterocycles. The Kier molecular flexibility index (Phi) is 3.38. The molecule has 0 N–H and O–H groups in total. The van der Waals surface area contributed by atoms with E-state index in [1.54, 1.807) is 18.7 Å². The average molecular weight is 239 g/mol. The summed E-state index contributed by atoms with van der Waals surface area (Å²) in [5.74, 6) is 0.814. The summed E-state index contributed by atoms with van der Waals surface area (Å²) in [6.45, 7) is 1.65. The summed E-state index contributed by atoms with van der Waals surface area (Å²) in [5.41, 5.74) is 2.92. The Morgan fingerprint density at radius 3 is 2.75 bits per heavy atom. The minimum absolute atomic E-state index is 0.240. The van der Waals surface area contributed by atoms with E-state index in [2.05, 4.69) is 23.2 Å². The molecule has 4 heteroatoms. The molecule has 2 rings (SSSR count). The lowest BCUT2D eigenvalue weighted by Crippen LogP contribution is -2.34. The van der Waals surface area contributed by atoms with Crippen molar-refractivity contribution >= 4 is 17.5 Å². The molecular formula is C12H19N2OS+. The monoisotopic (exact) mass is 239 g/mol. The van der Waals surface area contributed by atoms with Gasteiger partial charge in [-0.25, -0.2) is 9.13 Å². The Morgan fingerprint density at radius 2 is 2.12 bits per heavy atom. The molecule has 0 bridgehead atoms. The van der Waals surface area contributed by atoms with Gasteiger partial charge in [0.1, 0.15) is 17.2 Å². The number of rotatable bonds is 3. The van der Waals surface area contributed by atoms with E-state index in [0.717, 1.165) is 0 Å². The van der Waals surface area contributed by atoms with Gasteiger partial charge in [-0.2, -0.15) is 0 Å². The van der Waals surface area contributed by atoms with E-state index in [0.29, 0.717) is 5.75 Å². The topological polar surface area (TPSA) is 25.9 Å². The van der Waals surface area contributed by atoms with E-state index in [1.807, 2.05) is 0 Å². The van der Waals surface area contributed by atoms with Crippen molar-refractivity contribution in [3.05, 3.63) is 11.4 Å². The van der Waals surface area contributed by atoms with Crippen molar-refractivity contribution in [1.29, 1.82) is 0 Å². The van der Waals surface area contributed by atoms with Crippen LogP contribution in [0.15, 0.2) is 5.16 Å². The molecule has 1 aromatic rings. The van der Waals surface area contributed by atoms with Crippen molar-refractivity contribution in [1.82, 2.24) is 4.57 Å². The number of hydrogen-bond donors (Lipinski definition) is 0. The standard InChI is InChI=1S/C12H19N2OS/c1-9(15)8-16-12-13(2)10-6-4-5-7-11(10)14(12)3/h4-8H2,1-3H3/q+1. The number of fused-ring (bicyclic) bond motifs is 1. The molecule has 0 saturated carbocycles. The Morgan fingerprint density at radius 1 is 1.44 bits per heavy atom. The number of nitrogens with zero attached hydrogens (tertiary/aromatic N) is 2. The number of carbonyl (C=O) groups is 1. The molecule has 1 aliphatic rings. The third-order valence-corrected chi connectivity index (χ3v) is 4.56. The molecule has 0 saturated heterocycles. The number of Topliss-reactive ketones (excluding diaryl/α,β-unsaturated/α-hetero) is 1. The largest absolute Gasteiger partial charge is 0.318 e. The van der Waals surface area contributed by atoms with Gasteiger partial charge < -0.3 is 0 Å². The molecule has 0 aliphatic heterocycles. The molecule has 0 fully saturated rings. The van der Waals surface area contributed by atoms with Crippen molar-refractivity contribution in [2.75, 3.05) is 5.75 Å². The molecule has 0 unspecified atom stereocenters. The maximum Gasteiger partial charge on any atom is 0.318 e. The summed E-state index contributed by atoms with van der Waals surface area (Å²) in [5, 5.41) is 1.21. The Balaban J connectivity index is 2.30. The van der Waals surface area contributed by atoms with Crippen molar-refractivity contribution in [2.45, 2.75) is 37.8 Å². The van der Waals surface area contributed by atoms with Crippen LogP contribution in [0.3, 0.4) is 0 Å². The molecule has 0 aromatic carbocycles. The second-order valence-electron chi connectivity index (χ2n) is 4.49. The summed E-state index contributed by atoms with van der Waals surface area (Å²) < 4.78 is 4.53. The number of aromatic nitrogens is 2. The summed E-state index contributed by atoms with van der Waals surface area (Å²) in [4.78, 5) is 11.0. The molecule has 0 radical (unpaired) electrons. The average Bonchev–Trinajstić information content (AvgIpc) is 2.50. The van der Waals surface area contributed by atoms with E-state index in [-0.39, 0.29) is 5.78 Å². The first-order valence-corrected chi connectivity index (χ1v) is 6.78. The Labute approximate surface area is 101 Å². The SMILES string of the molecule is CC(=O)CSc1n(C)c2c([n+]1C)CCCC2. The highest BCUT2D eigenvalue weighted by atomic mass is 32.2. The first kappa shape index (κ1) is 11.7. The van der Waals surface area contributed by atoms with Crippen molar-refractivity contribution in [2.24, 2.45) is 14.1 Å². The molecule has 1 heterocycles. The van der Waals surface area contributed by atoms with Crippen LogP contribution in [-0.2, 0) is 31.7 Å². The van der Waals surface area contributed by atoms with Gasteiger partial charge in [0.05, 0.1) is 19.8 Å². The normalized spacial score (nSPS) is 14.9. The highest BCUT2D eigenvalue weighted by Crippen LogP contribution is 2.24. The van der Waals surface area contributed by atoms with Gasteiger partial charge in [0.2, 0.25) is 0 Å². The number of thioether (sulfide) groups is 1. The van der Waals surface area contributed by atoms with Gasteiger partial charge in [-0.3, -0.25) is 4.79 Å². The molecule has 0 amide bonds. The second-order valence-corrected chi connectivity index (χ2v) is 5.43. The Bertz CT molecular complexity index is 394. The molecular weight excluding hydrogens is 220 g/mol. The van der Waals surface area contributed by atoms with Crippen LogP contribution in [-0.4, -0.2) is 16.1 Å². The molecule has 16 heavy (non-hydrogen) atoms. The molecule has 3 nitrogen and oxygen atoms in total. The number of imidazole rings is 1. The minimum Gasteiger partial charge on any atom is -0.299 e. The van der Waals surface area contributed by atoms with Crippen LogP contribution >= 0.6 is 11.8 Å². The van der Waals surface area contributed by atoms with E-state index in [1.165, 1.54) is 42.2 Å². The van der Waals surface area contributed by atoms with Crippen LogP contribution in [0.4, 0.5) is 0 Å². The predicted octanol–water partition coefficient (Wildman–Crippen LogP) is 1.41. The quantitative estimate of drug-likeness (QED) is 0.589. The lowest BCUT2D eigenvalue weighted by molar-refractivity contribution is -0.716. The fourth-order valence-electron chi connectivity index (χ4n) is 2.41. The van der Waals surface area contributed by atoms with Crippen LogP contribution in [0.2, 0.25) is 0 Å². The van der Waals surface area contributed by atoms with Crippen molar-refractivity contribution in [3.8, 4) is 0 Å². The highest BCUT2D eigenvalue weighted by Gasteiger charge is 2.28. The third-order valence-electron chi connectivity index (χ3n) is 3.20. The zero-order chi connectivity index (χ0) is 11.7. The van der Waals surface area contributed by atoms with Gasteiger partial charge in [0, 0.05) is 12.8 Å². The fraction of sp³-hybridized carbons (Fsp3) is 0.667. The highest BCUT2D eigenvalue weighted by molar-refractivity contribution is 7.99. The molecule has 1 aliphatic carbocycles. The molecule has 88 valence electrons. The minimum atomic E-state index is 0.240. The van der Waals surface area contributed by atoms with Crippen LogP contribution in [0.25, 0.3) is 0 Å². The van der Waals surface area contributed by atoms with E-state index in [4.69, 9.17) is 0 Å². The zero-order valence-corrected chi connectivity index (χ0v) is 11.1. The van der Waals surface area contributed by atoms with Gasteiger partial charge in [-0.15, -0.1) is 0 Å². The number of hydrogen-bond acceptors (Lipinski definition) is 2. The summed E-state index contributed by atoms with van der Waals surface area (Å²) in [6.07, 6.45) is 4.95. The predicted molar refractivity (Wildman–Crippen MR) is 64.6 cm³/mol. The van der Waals surface area contributed by atoms with Crippen LogP contribution in [0.1, 0.15) is 31.2 Å². The number of carbonyl (C=O) groups excluding carboxylic acids is 1. The Hall–Kier alpha value is -0.770. The van der Waals surface area contributed by atoms with Crippen LogP contribution in [0.5, 0.6) is 0 Å². The molecule has 0 atom stereocenters. The van der Waals surface area contributed by atoms with Crippen LogP contribution < -0.4 is 4.57 Å². The first-order valence-electron chi connectivity index (χ1n) is 5.80. The number of ketones is 1. The summed E-state index contributed by atoms with van der Waals surface area (Å²) in [6, 6.07) is 0. The van der Waals surface area contributed by atoms with Gasteiger partial charge in [-0.05, 0) is 31.5 Å². The van der Waals surface area contributed by atoms with Crippen molar-refractivity contribution in [3.63, 3.8) is 0 Å². The van der Waals surface area contributed by atoms with Gasteiger partial charge >= 0.3 is 5.16 Å². The zero-order valence-electron chi connectivity index (χ0n) is 10.2. The van der Waals surface area contributed by atoms with E-state index in [9.17, 15) is 4.79 Å². The molecule has 0 spiro atoms. The van der Waals surface area contributed by atoms with E-state index >= 15 is 0 Å². The first-order chi connectivity index (χ1) is 7.61. The third kappa shape index (κ3) is 2.03. The fourth-order valence-corrected chi connectivity index (χ4v) is 3.35. The lowest BCUT2D eigenvalue weighted by atomic mass is 10.0. The van der Waals surface area contributed by atoms with Crippen molar-refractivity contribution < 1.29 is 9.36 Å². The van der Waals surface area contributed by atoms with Gasteiger partial charge in [-0.1, -0.05) is 0 Å². The summed E-state index contributed by atoms with van der Waals surface area (Å²) >= 11 is 1.65.